The van der Waals surface area contributed by atoms with Crippen LogP contribution in [0.25, 0.3) is 0 Å². The van der Waals surface area contributed by atoms with Gasteiger partial charge in [-0.1, -0.05) is 29.3 Å². The van der Waals surface area contributed by atoms with Crippen molar-refractivity contribution in [1.82, 2.24) is 5.32 Å². The van der Waals surface area contributed by atoms with Crippen LogP contribution < -0.4 is 10.2 Å². The summed E-state index contributed by atoms with van der Waals surface area (Å²) < 4.78 is 47.9. The van der Waals surface area contributed by atoms with Crippen molar-refractivity contribution in [2.24, 2.45) is 0 Å². The Hall–Kier alpha value is -1.96. The molecule has 1 amide bonds. The van der Waals surface area contributed by atoms with E-state index in [9.17, 15) is 18.0 Å². The zero-order chi connectivity index (χ0) is 21.7. The predicted molar refractivity (Wildman–Crippen MR) is 109 cm³/mol. The summed E-state index contributed by atoms with van der Waals surface area (Å²) in [6, 6.07) is 9.30. The maximum Gasteiger partial charge on any atom is 0.423 e. The molecular formula is C21H19Cl2F3N2O2. The van der Waals surface area contributed by atoms with Crippen molar-refractivity contribution in [2.75, 3.05) is 18.2 Å². The lowest BCUT2D eigenvalue weighted by Gasteiger charge is -2.31. The number of anilines is 1. The number of benzene rings is 2. The first kappa shape index (κ1) is 21.3. The summed E-state index contributed by atoms with van der Waals surface area (Å²) in [7, 11) is 0. The monoisotopic (exact) mass is 458 g/mol. The molecule has 1 fully saturated rings. The minimum absolute atomic E-state index is 0.0655. The Morgan fingerprint density at radius 2 is 1.90 bits per heavy atom. The Labute approximate surface area is 181 Å². The molecule has 9 heteroatoms. The first-order chi connectivity index (χ1) is 14.1. The van der Waals surface area contributed by atoms with Gasteiger partial charge in [-0.15, -0.1) is 0 Å². The molecule has 30 heavy (non-hydrogen) atoms. The number of hydrogen-bond acceptors (Lipinski definition) is 3. The topological polar surface area (TPSA) is 41.6 Å². The molecule has 0 saturated carbocycles. The van der Waals surface area contributed by atoms with E-state index in [-0.39, 0.29) is 34.3 Å². The van der Waals surface area contributed by atoms with Crippen molar-refractivity contribution in [3.05, 3.63) is 63.1 Å². The van der Waals surface area contributed by atoms with Gasteiger partial charge in [-0.2, -0.15) is 13.2 Å². The fourth-order valence-corrected chi connectivity index (χ4v) is 4.73. The van der Waals surface area contributed by atoms with E-state index in [0.29, 0.717) is 5.69 Å². The number of carbonyl (C=O) groups excluding carboxylic acids is 1. The molecule has 2 aromatic carbocycles. The molecule has 2 unspecified atom stereocenters. The third kappa shape index (κ3) is 3.74. The molecule has 2 aliphatic rings. The van der Waals surface area contributed by atoms with E-state index in [1.807, 2.05) is 12.1 Å². The first-order valence-electron chi connectivity index (χ1n) is 9.41. The molecule has 0 spiro atoms. The van der Waals surface area contributed by atoms with Gasteiger partial charge in [0.05, 0.1) is 12.6 Å². The van der Waals surface area contributed by atoms with Crippen LogP contribution in [0.5, 0.6) is 0 Å². The fraction of sp³-hybridized carbons (Fsp3) is 0.381. The zero-order valence-corrected chi connectivity index (χ0v) is 17.5. The highest BCUT2D eigenvalue weighted by atomic mass is 35.5. The maximum absolute atomic E-state index is 14.2. The third-order valence-corrected chi connectivity index (χ3v) is 6.05. The molecule has 1 N–H and O–H groups in total. The number of nitrogens with zero attached hydrogens (tertiary/aromatic N) is 1. The van der Waals surface area contributed by atoms with Crippen LogP contribution in [0.4, 0.5) is 18.9 Å². The van der Waals surface area contributed by atoms with Crippen LogP contribution >= 0.6 is 23.2 Å². The molecule has 1 aliphatic carbocycles. The van der Waals surface area contributed by atoms with Gasteiger partial charge in [-0.3, -0.25) is 4.79 Å². The van der Waals surface area contributed by atoms with E-state index >= 15 is 0 Å². The molecule has 0 aromatic heterocycles. The molecule has 4 rings (SSSR count). The summed E-state index contributed by atoms with van der Waals surface area (Å²) in [4.78, 5) is 12.9. The highest BCUT2D eigenvalue weighted by Gasteiger charge is 2.61. The fourth-order valence-electron chi connectivity index (χ4n) is 4.21. The Bertz CT molecular complexity index is 978. The van der Waals surface area contributed by atoms with Crippen LogP contribution in [-0.4, -0.2) is 25.4 Å². The van der Waals surface area contributed by atoms with E-state index in [2.05, 4.69) is 5.32 Å². The third-order valence-electron chi connectivity index (χ3n) is 5.61. The molecule has 1 aliphatic heterocycles. The number of nitrogens with one attached hydrogen (secondary N) is 1. The Balaban J connectivity index is 1.65. The van der Waals surface area contributed by atoms with Gasteiger partial charge < -0.3 is 15.0 Å². The lowest BCUT2D eigenvalue weighted by molar-refractivity contribution is -0.264. The van der Waals surface area contributed by atoms with Crippen LogP contribution in [0, 0.1) is 0 Å². The number of amides is 1. The van der Waals surface area contributed by atoms with Gasteiger partial charge in [0.1, 0.15) is 6.73 Å². The lowest BCUT2D eigenvalue weighted by atomic mass is 9.92. The van der Waals surface area contributed by atoms with Gasteiger partial charge >= 0.3 is 6.18 Å². The van der Waals surface area contributed by atoms with Crippen molar-refractivity contribution >= 4 is 34.8 Å². The minimum Gasteiger partial charge on any atom is -0.350 e. The van der Waals surface area contributed by atoms with E-state index in [1.165, 1.54) is 25.1 Å². The number of rotatable bonds is 3. The Kier molecular flexibility index (Phi) is 5.41. The zero-order valence-electron chi connectivity index (χ0n) is 16.0. The smallest absolute Gasteiger partial charge is 0.350 e. The predicted octanol–water partition coefficient (Wildman–Crippen LogP) is 5.37. The van der Waals surface area contributed by atoms with Crippen molar-refractivity contribution in [3.63, 3.8) is 0 Å². The van der Waals surface area contributed by atoms with Crippen LogP contribution in [0.1, 0.15) is 36.1 Å². The van der Waals surface area contributed by atoms with Crippen molar-refractivity contribution in [2.45, 2.75) is 37.6 Å². The van der Waals surface area contributed by atoms with E-state index in [0.717, 1.165) is 24.0 Å². The van der Waals surface area contributed by atoms with E-state index < -0.39 is 18.3 Å². The van der Waals surface area contributed by atoms with Gasteiger partial charge in [0.2, 0.25) is 11.5 Å². The summed E-state index contributed by atoms with van der Waals surface area (Å²) in [5.74, 6) is -0.111. The maximum atomic E-state index is 14.2. The molecule has 2 aromatic rings. The lowest BCUT2D eigenvalue weighted by Crippen LogP contribution is -2.46. The number of ether oxygens (including phenoxy) is 1. The highest BCUT2D eigenvalue weighted by molar-refractivity contribution is 6.34. The summed E-state index contributed by atoms with van der Waals surface area (Å²) in [5, 5.41) is 3.13. The number of aryl methyl sites for hydroxylation is 1. The highest BCUT2D eigenvalue weighted by Crippen LogP contribution is 2.48. The van der Waals surface area contributed by atoms with Crippen molar-refractivity contribution < 1.29 is 22.7 Å². The molecule has 0 bridgehead atoms. The second-order valence-corrected chi connectivity index (χ2v) is 8.50. The SMILES string of the molecule is CC(=O)NC1CCc2cc(N3COC(c4cc(Cl)cc(Cl)c4)(C(F)(F)F)C3)ccc21. The molecule has 2 atom stereocenters. The van der Waals surface area contributed by atoms with E-state index in [1.54, 1.807) is 11.0 Å². The second kappa shape index (κ2) is 7.62. The molecule has 0 radical (unpaired) electrons. The average Bonchev–Trinajstić information content (AvgIpc) is 3.25. The van der Waals surface area contributed by atoms with Gasteiger partial charge in [-0.05, 0) is 59.9 Å². The van der Waals surface area contributed by atoms with Crippen LogP contribution in [-0.2, 0) is 21.6 Å². The standard InChI is InChI=1S/C21H19Cl2F3N2O2/c1-12(29)27-19-5-2-13-6-17(3-4-18(13)19)28-10-20(30-11-28,21(24,25)26)14-7-15(22)9-16(23)8-14/h3-4,6-9,19H,2,5,10-11H2,1H3,(H,27,29). The molecule has 1 saturated heterocycles. The second-order valence-electron chi connectivity index (χ2n) is 7.63. The van der Waals surface area contributed by atoms with E-state index in [4.69, 9.17) is 27.9 Å². The first-order valence-corrected chi connectivity index (χ1v) is 10.2. The number of carbonyl (C=O) groups is 1. The van der Waals surface area contributed by atoms with Crippen molar-refractivity contribution in [3.8, 4) is 0 Å². The number of hydrogen-bond donors (Lipinski definition) is 1. The summed E-state index contributed by atoms with van der Waals surface area (Å²) in [6.07, 6.45) is -3.15. The van der Waals surface area contributed by atoms with Crippen molar-refractivity contribution in [1.29, 1.82) is 0 Å². The van der Waals surface area contributed by atoms with Gasteiger partial charge in [0.25, 0.3) is 0 Å². The number of halogens is 5. The average molecular weight is 459 g/mol. The summed E-state index contributed by atoms with van der Waals surface area (Å²) in [6.45, 7) is 0.825. The Morgan fingerprint density at radius 3 is 2.53 bits per heavy atom. The van der Waals surface area contributed by atoms with Gasteiger partial charge in [-0.25, -0.2) is 0 Å². The van der Waals surface area contributed by atoms with Crippen LogP contribution in [0.2, 0.25) is 10.0 Å². The van der Waals surface area contributed by atoms with Crippen LogP contribution in [0.3, 0.4) is 0 Å². The van der Waals surface area contributed by atoms with Crippen LogP contribution in [0.15, 0.2) is 36.4 Å². The van der Waals surface area contributed by atoms with Gasteiger partial charge in [0.15, 0.2) is 0 Å². The number of fused-ring (bicyclic) bond motifs is 1. The summed E-state index contributed by atoms with van der Waals surface area (Å²) >= 11 is 11.9. The molecule has 4 nitrogen and oxygen atoms in total. The molecular weight excluding hydrogens is 440 g/mol. The minimum atomic E-state index is -4.66. The summed E-state index contributed by atoms with van der Waals surface area (Å²) in [5.41, 5.74) is -0.00286. The number of alkyl halides is 3. The molecule has 1 heterocycles. The quantitative estimate of drug-likeness (QED) is 0.672. The largest absolute Gasteiger partial charge is 0.423 e. The molecule has 160 valence electrons. The normalized spacial score (nSPS) is 23.5. The van der Waals surface area contributed by atoms with Gasteiger partial charge in [0, 0.05) is 22.7 Å². The Morgan fingerprint density at radius 1 is 1.20 bits per heavy atom.